The van der Waals surface area contributed by atoms with Crippen LogP contribution >= 0.6 is 0 Å². The molecule has 4 heteroatoms. The maximum Gasteiger partial charge on any atom is 0.272 e. The van der Waals surface area contributed by atoms with Crippen molar-refractivity contribution in [3.05, 3.63) is 39.9 Å². The molecule has 0 bridgehead atoms. The minimum atomic E-state index is -0.288. The van der Waals surface area contributed by atoms with Crippen LogP contribution in [0.4, 0.5) is 5.69 Å². The Labute approximate surface area is 108 Å². The number of nitro groups is 1. The van der Waals surface area contributed by atoms with E-state index in [4.69, 9.17) is 0 Å². The molecule has 2 unspecified atom stereocenters. The summed E-state index contributed by atoms with van der Waals surface area (Å²) in [6, 6.07) is 7.36. The highest BCUT2D eigenvalue weighted by molar-refractivity contribution is 5.40. The molecule has 0 amide bonds. The number of rotatable bonds is 6. The summed E-state index contributed by atoms with van der Waals surface area (Å²) in [7, 11) is 1.94. The van der Waals surface area contributed by atoms with E-state index in [1.165, 1.54) is 12.8 Å². The van der Waals surface area contributed by atoms with E-state index in [9.17, 15) is 10.1 Å². The predicted molar refractivity (Wildman–Crippen MR) is 71.5 cm³/mol. The molecular formula is C14H20N2O2. The van der Waals surface area contributed by atoms with Crippen molar-refractivity contribution in [2.45, 2.75) is 32.2 Å². The van der Waals surface area contributed by atoms with E-state index in [2.05, 4.69) is 12.2 Å². The minimum Gasteiger partial charge on any atom is -0.316 e. The van der Waals surface area contributed by atoms with Gasteiger partial charge in [0.2, 0.25) is 0 Å². The van der Waals surface area contributed by atoms with Gasteiger partial charge in [0.15, 0.2) is 0 Å². The van der Waals surface area contributed by atoms with Crippen LogP contribution in [0, 0.1) is 22.0 Å². The van der Waals surface area contributed by atoms with Crippen molar-refractivity contribution in [3.8, 4) is 0 Å². The van der Waals surface area contributed by atoms with Gasteiger partial charge in [-0.05, 0) is 38.1 Å². The molecule has 1 aromatic rings. The highest BCUT2D eigenvalue weighted by atomic mass is 16.6. The Morgan fingerprint density at radius 1 is 1.44 bits per heavy atom. The lowest BCUT2D eigenvalue weighted by Gasteiger charge is -2.23. The number of benzene rings is 1. The molecule has 1 aliphatic carbocycles. The molecule has 1 saturated carbocycles. The number of nitrogens with one attached hydrogen (secondary N) is 1. The standard InChI is InChI=1S/C14H20N2O2/c1-10(11-7-8-11)13(15-2)9-12-5-3-4-6-14(12)16(17)18/h3-6,10-11,13,15H,7-9H2,1-2H3. The molecule has 1 aliphatic rings. The zero-order valence-electron chi connectivity index (χ0n) is 10.9. The molecule has 2 atom stereocenters. The van der Waals surface area contributed by atoms with E-state index in [-0.39, 0.29) is 10.6 Å². The predicted octanol–water partition coefficient (Wildman–Crippen LogP) is 2.77. The largest absolute Gasteiger partial charge is 0.316 e. The van der Waals surface area contributed by atoms with Gasteiger partial charge in [-0.3, -0.25) is 10.1 Å². The molecule has 18 heavy (non-hydrogen) atoms. The zero-order valence-corrected chi connectivity index (χ0v) is 10.9. The van der Waals surface area contributed by atoms with Gasteiger partial charge in [0.1, 0.15) is 0 Å². The van der Waals surface area contributed by atoms with Crippen molar-refractivity contribution >= 4 is 5.69 Å². The van der Waals surface area contributed by atoms with Crippen LogP contribution in [-0.4, -0.2) is 18.0 Å². The fourth-order valence-corrected chi connectivity index (χ4v) is 2.60. The fraction of sp³-hybridized carbons (Fsp3) is 0.571. The van der Waals surface area contributed by atoms with Gasteiger partial charge in [-0.1, -0.05) is 25.1 Å². The second kappa shape index (κ2) is 5.48. The highest BCUT2D eigenvalue weighted by Gasteiger charge is 2.33. The Bertz CT molecular complexity index is 430. The molecule has 1 aromatic carbocycles. The summed E-state index contributed by atoms with van der Waals surface area (Å²) in [6.07, 6.45) is 3.33. The maximum atomic E-state index is 11.0. The smallest absolute Gasteiger partial charge is 0.272 e. The third-order valence-electron chi connectivity index (χ3n) is 4.00. The van der Waals surface area contributed by atoms with Crippen LogP contribution in [0.25, 0.3) is 0 Å². The molecule has 0 heterocycles. The van der Waals surface area contributed by atoms with Crippen LogP contribution in [0.5, 0.6) is 0 Å². The van der Waals surface area contributed by atoms with Crippen LogP contribution in [0.3, 0.4) is 0 Å². The molecule has 0 saturated heterocycles. The summed E-state index contributed by atoms with van der Waals surface area (Å²) in [6.45, 7) is 2.24. The molecule has 0 radical (unpaired) electrons. The van der Waals surface area contributed by atoms with Crippen molar-refractivity contribution in [3.63, 3.8) is 0 Å². The summed E-state index contributed by atoms with van der Waals surface area (Å²) in [5, 5.41) is 14.3. The second-order valence-electron chi connectivity index (χ2n) is 5.18. The van der Waals surface area contributed by atoms with Gasteiger partial charge in [-0.15, -0.1) is 0 Å². The lowest BCUT2D eigenvalue weighted by atomic mass is 9.91. The number of likely N-dealkylation sites (N-methyl/N-ethyl adjacent to an activating group) is 1. The average Bonchev–Trinajstić information content (AvgIpc) is 3.19. The number of para-hydroxylation sites is 1. The fourth-order valence-electron chi connectivity index (χ4n) is 2.60. The first-order valence-electron chi connectivity index (χ1n) is 6.53. The third kappa shape index (κ3) is 2.88. The number of nitrogens with zero attached hydrogens (tertiary/aromatic N) is 1. The van der Waals surface area contributed by atoms with Crippen LogP contribution in [-0.2, 0) is 6.42 Å². The van der Waals surface area contributed by atoms with Gasteiger partial charge in [-0.25, -0.2) is 0 Å². The number of hydrogen-bond donors (Lipinski definition) is 1. The monoisotopic (exact) mass is 248 g/mol. The van der Waals surface area contributed by atoms with Crippen molar-refractivity contribution in [1.29, 1.82) is 0 Å². The van der Waals surface area contributed by atoms with Crippen molar-refractivity contribution < 1.29 is 4.92 Å². The van der Waals surface area contributed by atoms with E-state index in [0.29, 0.717) is 12.0 Å². The zero-order chi connectivity index (χ0) is 13.1. The van der Waals surface area contributed by atoms with Crippen LogP contribution < -0.4 is 5.32 Å². The molecule has 1 fully saturated rings. The van der Waals surface area contributed by atoms with Crippen molar-refractivity contribution in [2.75, 3.05) is 7.05 Å². The first kappa shape index (κ1) is 13.0. The van der Waals surface area contributed by atoms with E-state index >= 15 is 0 Å². The molecule has 1 N–H and O–H groups in total. The van der Waals surface area contributed by atoms with Crippen molar-refractivity contribution in [2.24, 2.45) is 11.8 Å². The molecule has 0 aromatic heterocycles. The van der Waals surface area contributed by atoms with Crippen LogP contribution in [0.1, 0.15) is 25.3 Å². The quantitative estimate of drug-likeness (QED) is 0.622. The summed E-state index contributed by atoms with van der Waals surface area (Å²) in [5.74, 6) is 1.38. The van der Waals surface area contributed by atoms with Gasteiger partial charge in [-0.2, -0.15) is 0 Å². The van der Waals surface area contributed by atoms with E-state index in [1.807, 2.05) is 19.2 Å². The highest BCUT2D eigenvalue weighted by Crippen LogP contribution is 2.39. The minimum absolute atomic E-state index is 0.237. The lowest BCUT2D eigenvalue weighted by Crippen LogP contribution is -2.35. The van der Waals surface area contributed by atoms with E-state index in [1.54, 1.807) is 12.1 Å². The SMILES string of the molecule is CNC(Cc1ccccc1[N+](=O)[O-])C(C)C1CC1. The molecule has 2 rings (SSSR count). The molecule has 4 nitrogen and oxygen atoms in total. The van der Waals surface area contributed by atoms with Gasteiger partial charge < -0.3 is 5.32 Å². The maximum absolute atomic E-state index is 11.0. The Morgan fingerprint density at radius 2 is 2.11 bits per heavy atom. The van der Waals surface area contributed by atoms with Crippen LogP contribution in [0.15, 0.2) is 24.3 Å². The molecular weight excluding hydrogens is 228 g/mol. The van der Waals surface area contributed by atoms with Gasteiger partial charge in [0, 0.05) is 17.7 Å². The van der Waals surface area contributed by atoms with E-state index < -0.39 is 0 Å². The third-order valence-corrected chi connectivity index (χ3v) is 4.00. The number of nitro benzene ring substituents is 1. The summed E-state index contributed by atoms with van der Waals surface area (Å²) in [5.41, 5.74) is 1.06. The topological polar surface area (TPSA) is 55.2 Å². The summed E-state index contributed by atoms with van der Waals surface area (Å²) >= 11 is 0. The lowest BCUT2D eigenvalue weighted by molar-refractivity contribution is -0.385. The average molecular weight is 248 g/mol. The Kier molecular flexibility index (Phi) is 3.97. The Hall–Kier alpha value is -1.42. The van der Waals surface area contributed by atoms with Gasteiger partial charge in [0.05, 0.1) is 4.92 Å². The van der Waals surface area contributed by atoms with Gasteiger partial charge >= 0.3 is 0 Å². The first-order chi connectivity index (χ1) is 8.63. The second-order valence-corrected chi connectivity index (χ2v) is 5.18. The van der Waals surface area contributed by atoms with Crippen molar-refractivity contribution in [1.82, 2.24) is 5.32 Å². The first-order valence-corrected chi connectivity index (χ1v) is 6.53. The number of hydrogen-bond acceptors (Lipinski definition) is 3. The normalized spacial score (nSPS) is 18.3. The van der Waals surface area contributed by atoms with E-state index in [0.717, 1.165) is 17.9 Å². The molecule has 98 valence electrons. The molecule has 0 aliphatic heterocycles. The Balaban J connectivity index is 2.13. The van der Waals surface area contributed by atoms with Crippen LogP contribution in [0.2, 0.25) is 0 Å². The summed E-state index contributed by atoms with van der Waals surface area (Å²) < 4.78 is 0. The molecule has 0 spiro atoms. The Morgan fingerprint density at radius 3 is 2.67 bits per heavy atom. The van der Waals surface area contributed by atoms with Gasteiger partial charge in [0.25, 0.3) is 5.69 Å². The summed E-state index contributed by atoms with van der Waals surface area (Å²) in [4.78, 5) is 10.7.